The average Bonchev–Trinajstić information content (AvgIpc) is 3.91. The van der Waals surface area contributed by atoms with Gasteiger partial charge in [-0.05, 0) is 49.9 Å². The van der Waals surface area contributed by atoms with Crippen LogP contribution in [0.2, 0.25) is 0 Å². The molecule has 4 rings (SSSR count). The number of aryl methyl sites for hydroxylation is 2. The first-order chi connectivity index (χ1) is 24.7. The van der Waals surface area contributed by atoms with Gasteiger partial charge in [0.05, 0.1) is 9.75 Å². The highest BCUT2D eigenvalue weighted by atomic mass is 32.1. The summed E-state index contributed by atoms with van der Waals surface area (Å²) in [4.78, 5) is 7.66. The van der Waals surface area contributed by atoms with E-state index in [0.29, 0.717) is 0 Å². The van der Waals surface area contributed by atoms with Crippen LogP contribution in [0.5, 0.6) is 0 Å². The molecule has 4 aromatic heterocycles. The summed E-state index contributed by atoms with van der Waals surface area (Å²) < 4.78 is 2.68. The van der Waals surface area contributed by atoms with E-state index in [1.807, 2.05) is 45.3 Å². The third kappa shape index (κ3) is 14.0. The van der Waals surface area contributed by atoms with Crippen molar-refractivity contribution in [3.05, 3.63) is 43.8 Å². The molecule has 0 nitrogen and oxygen atoms in total. The van der Waals surface area contributed by atoms with E-state index >= 15 is 0 Å². The summed E-state index contributed by atoms with van der Waals surface area (Å²) in [5.74, 6) is 6.01. The first-order valence-electron chi connectivity index (χ1n) is 20.4. The molecule has 0 atom stereocenters. The topological polar surface area (TPSA) is 0 Å². The molecule has 0 saturated carbocycles. The Kier molecular flexibility index (Phi) is 20.0. The molecule has 0 unspecified atom stereocenters. The molecule has 0 N–H and O–H groups in total. The van der Waals surface area contributed by atoms with Crippen molar-refractivity contribution < 1.29 is 0 Å². The number of fused-ring (bicyclic) bond motifs is 1. The molecule has 4 aromatic rings. The average molecular weight is 745 g/mol. The second-order valence-corrected chi connectivity index (χ2v) is 18.9. The normalized spacial score (nSPS) is 11.4. The Labute approximate surface area is 322 Å². The van der Waals surface area contributed by atoms with Gasteiger partial charge in [-0.2, -0.15) is 0 Å². The van der Waals surface area contributed by atoms with E-state index in [9.17, 15) is 0 Å². The summed E-state index contributed by atoms with van der Waals surface area (Å²) >= 11 is 7.41. The molecule has 0 radical (unpaired) electrons. The lowest BCUT2D eigenvalue weighted by Gasteiger charge is -2.02. The van der Waals surface area contributed by atoms with Crippen molar-refractivity contribution in [2.24, 2.45) is 0 Å². The van der Waals surface area contributed by atoms with E-state index in [-0.39, 0.29) is 0 Å². The zero-order valence-corrected chi connectivity index (χ0v) is 34.7. The second-order valence-electron chi connectivity index (χ2n) is 14.4. The Balaban J connectivity index is 1.19. The van der Waals surface area contributed by atoms with Gasteiger partial charge in [-0.25, -0.2) is 0 Å². The molecule has 0 aliphatic rings. The molecular weight excluding hydrogens is 681 g/mol. The monoisotopic (exact) mass is 744 g/mol. The minimum Gasteiger partial charge on any atom is -0.134 e. The molecule has 0 saturated heterocycles. The van der Waals surface area contributed by atoms with Crippen LogP contribution in [0.1, 0.15) is 187 Å². The minimum absolute atomic E-state index is 1.09. The molecule has 0 fully saturated rings. The predicted molar refractivity (Wildman–Crippen MR) is 232 cm³/mol. The summed E-state index contributed by atoms with van der Waals surface area (Å²) in [5, 5.41) is 0. The molecule has 0 amide bonds. The summed E-state index contributed by atoms with van der Waals surface area (Å²) in [7, 11) is 0. The van der Waals surface area contributed by atoms with Crippen LogP contribution in [0.15, 0.2) is 24.3 Å². The Morgan fingerprint density at radius 3 is 1.00 bits per heavy atom. The fourth-order valence-corrected chi connectivity index (χ4v) is 11.7. The Hall–Kier alpha value is -1.82. The maximum Gasteiger partial charge on any atom is 0.0855 e. The van der Waals surface area contributed by atoms with Crippen molar-refractivity contribution in [2.75, 3.05) is 0 Å². The summed E-state index contributed by atoms with van der Waals surface area (Å²) in [6, 6.07) is 9.48. The van der Waals surface area contributed by atoms with E-state index in [0.717, 1.165) is 22.6 Å². The van der Waals surface area contributed by atoms with Crippen LogP contribution >= 0.6 is 45.3 Å². The smallest absolute Gasteiger partial charge is 0.0855 e. The van der Waals surface area contributed by atoms with Gasteiger partial charge in [-0.1, -0.05) is 167 Å². The molecule has 0 aliphatic heterocycles. The lowest BCUT2D eigenvalue weighted by Crippen LogP contribution is -1.84. The molecule has 272 valence electrons. The number of rotatable bonds is 28. The Morgan fingerprint density at radius 2 is 0.700 bits per heavy atom. The van der Waals surface area contributed by atoms with Gasteiger partial charge in [-0.15, -0.1) is 58.2 Å². The molecule has 0 aliphatic carbocycles. The van der Waals surface area contributed by atoms with Gasteiger partial charge < -0.3 is 0 Å². The third-order valence-electron chi connectivity index (χ3n) is 10.1. The first-order valence-corrected chi connectivity index (χ1v) is 23.7. The highest BCUT2D eigenvalue weighted by Crippen LogP contribution is 2.45. The number of hydrogen-bond donors (Lipinski definition) is 0. The molecular formula is C46H64S4. The van der Waals surface area contributed by atoms with Crippen LogP contribution in [0, 0.1) is 24.7 Å². The van der Waals surface area contributed by atoms with E-state index < -0.39 is 0 Å². The minimum atomic E-state index is 1.09. The quantitative estimate of drug-likeness (QED) is 0.0401. The third-order valence-corrected chi connectivity index (χ3v) is 14.7. The number of terminal acetylenes is 2. The lowest BCUT2D eigenvalue weighted by molar-refractivity contribution is 0.544. The Bertz CT molecular complexity index is 1430. The zero-order chi connectivity index (χ0) is 35.2. The van der Waals surface area contributed by atoms with Crippen LogP contribution in [0.3, 0.4) is 0 Å². The number of unbranched alkanes of at least 4 members (excludes halogenated alkanes) is 22. The largest absolute Gasteiger partial charge is 0.134 e. The molecule has 4 heterocycles. The maximum absolute atomic E-state index is 6.02. The van der Waals surface area contributed by atoms with E-state index in [1.165, 1.54) is 194 Å². The number of thiophene rings is 4. The van der Waals surface area contributed by atoms with Crippen molar-refractivity contribution in [3.63, 3.8) is 0 Å². The van der Waals surface area contributed by atoms with Gasteiger partial charge in [0.2, 0.25) is 0 Å². The first kappa shape index (κ1) is 40.9. The van der Waals surface area contributed by atoms with E-state index in [1.54, 1.807) is 0 Å². The highest BCUT2D eigenvalue weighted by molar-refractivity contribution is 7.31. The molecule has 0 aromatic carbocycles. The fraction of sp³-hybridized carbons (Fsp3) is 0.609. The van der Waals surface area contributed by atoms with Gasteiger partial charge >= 0.3 is 0 Å². The van der Waals surface area contributed by atoms with Gasteiger partial charge in [-0.3, -0.25) is 0 Å². The second kappa shape index (κ2) is 24.4. The number of hydrogen-bond acceptors (Lipinski definition) is 4. The lowest BCUT2D eigenvalue weighted by atomic mass is 10.0. The van der Waals surface area contributed by atoms with Crippen molar-refractivity contribution in [2.45, 2.75) is 181 Å². The molecule has 50 heavy (non-hydrogen) atoms. The van der Waals surface area contributed by atoms with E-state index in [4.69, 9.17) is 12.8 Å². The summed E-state index contributed by atoms with van der Waals surface area (Å²) in [5.41, 5.74) is 2.51. The van der Waals surface area contributed by atoms with E-state index in [2.05, 4.69) is 50.0 Å². The SMILES string of the molecule is C#Cc1sc(CCCCCCCCCCCCCC)cc1-c1cc2sc(-c3cc(CCCCCCCCCCCCCC)sc3C#C)cc2s1. The standard InChI is InChI=1S/C46H64S4/c1-5-9-11-13-15-17-19-21-23-25-27-29-31-37-33-39(41(7-3)47-37)43-35-45-46(49-43)36-44(50-45)40-34-38(48-42(40)8-4)32-30-28-26-24-22-20-18-16-14-12-10-6-2/h3-4,33-36H,5-6,9-32H2,1-2H3. The highest BCUT2D eigenvalue weighted by Gasteiger charge is 2.17. The van der Waals surface area contributed by atoms with Crippen molar-refractivity contribution in [1.82, 2.24) is 0 Å². The van der Waals surface area contributed by atoms with Crippen molar-refractivity contribution in [1.29, 1.82) is 0 Å². The molecule has 4 heteroatoms. The Morgan fingerprint density at radius 1 is 0.400 bits per heavy atom. The van der Waals surface area contributed by atoms with Crippen LogP contribution in [0.25, 0.3) is 30.3 Å². The summed E-state index contributed by atoms with van der Waals surface area (Å²) in [6.07, 6.45) is 47.7. The maximum atomic E-state index is 6.02. The van der Waals surface area contributed by atoms with Crippen molar-refractivity contribution >= 4 is 54.7 Å². The van der Waals surface area contributed by atoms with Gasteiger partial charge in [0.25, 0.3) is 0 Å². The molecule has 0 bridgehead atoms. The predicted octanol–water partition coefficient (Wildman–Crippen LogP) is 16.9. The summed E-state index contributed by atoms with van der Waals surface area (Å²) in [6.45, 7) is 4.59. The van der Waals surface area contributed by atoms with Crippen LogP contribution in [0.4, 0.5) is 0 Å². The van der Waals surface area contributed by atoms with Crippen LogP contribution in [-0.2, 0) is 12.8 Å². The molecule has 0 spiro atoms. The van der Waals surface area contributed by atoms with Crippen LogP contribution in [-0.4, -0.2) is 0 Å². The van der Waals surface area contributed by atoms with Gasteiger partial charge in [0.1, 0.15) is 0 Å². The zero-order valence-electron chi connectivity index (χ0n) is 31.5. The fourth-order valence-electron chi connectivity index (χ4n) is 7.09. The van der Waals surface area contributed by atoms with Gasteiger partial charge in [0, 0.05) is 40.0 Å². The van der Waals surface area contributed by atoms with Crippen LogP contribution < -0.4 is 0 Å². The van der Waals surface area contributed by atoms with Crippen molar-refractivity contribution in [3.8, 4) is 45.6 Å². The van der Waals surface area contributed by atoms with Gasteiger partial charge in [0.15, 0.2) is 0 Å².